The van der Waals surface area contributed by atoms with Crippen LogP contribution in [0.1, 0.15) is 62.3 Å². The van der Waals surface area contributed by atoms with Gasteiger partial charge < -0.3 is 28.4 Å². The molecule has 0 unspecified atom stereocenters. The quantitative estimate of drug-likeness (QED) is 0.391. The van der Waals surface area contributed by atoms with Crippen LogP contribution in [0.5, 0.6) is 0 Å². The molecule has 0 aliphatic carbocycles. The second-order valence-corrected chi connectivity index (χ2v) is 11.2. The maximum atomic E-state index is 12.2. The summed E-state index contributed by atoms with van der Waals surface area (Å²) in [7, 11) is 0. The molecular formula is C24H39NO10. The number of hydrogen-bond donors (Lipinski definition) is 0. The summed E-state index contributed by atoms with van der Waals surface area (Å²) in [5.41, 5.74) is -0.936. The summed E-state index contributed by atoms with van der Waals surface area (Å²) in [4.78, 5) is 41.8. The summed E-state index contributed by atoms with van der Waals surface area (Å²) in [5.74, 6) is -2.21. The molecule has 0 N–H and O–H groups in total. The molecular weight excluding hydrogens is 462 g/mol. The number of nitrogens with zero attached hydrogens (tertiary/aromatic N) is 1. The Morgan fingerprint density at radius 1 is 0.829 bits per heavy atom. The summed E-state index contributed by atoms with van der Waals surface area (Å²) in [6, 6.07) is -0.413. The molecule has 0 amide bonds. The molecule has 11 nitrogen and oxygen atoms in total. The molecule has 0 spiro atoms. The lowest BCUT2D eigenvalue weighted by Crippen LogP contribution is -2.61. The number of esters is 3. The molecule has 0 bridgehead atoms. The van der Waals surface area contributed by atoms with Gasteiger partial charge in [-0.2, -0.15) is 5.06 Å². The lowest BCUT2D eigenvalue weighted by molar-refractivity contribution is -0.304. The molecule has 0 radical (unpaired) electrons. The minimum absolute atomic E-state index is 0.194. The van der Waals surface area contributed by atoms with Crippen molar-refractivity contribution >= 4 is 17.9 Å². The Morgan fingerprint density at radius 3 is 1.91 bits per heavy atom. The lowest BCUT2D eigenvalue weighted by Gasteiger charge is -2.44. The maximum absolute atomic E-state index is 12.2. The molecule has 0 saturated carbocycles. The van der Waals surface area contributed by atoms with Gasteiger partial charge >= 0.3 is 17.9 Å². The van der Waals surface area contributed by atoms with E-state index >= 15 is 0 Å². The van der Waals surface area contributed by atoms with E-state index in [1.54, 1.807) is 5.06 Å². The first-order valence-electron chi connectivity index (χ1n) is 12.0. The molecule has 0 aromatic rings. The Kier molecular flexibility index (Phi) is 8.17. The van der Waals surface area contributed by atoms with Gasteiger partial charge in [-0.15, -0.1) is 0 Å². The topological polar surface area (TPSA) is 119 Å². The van der Waals surface area contributed by atoms with E-state index in [1.807, 2.05) is 41.5 Å². The van der Waals surface area contributed by atoms with Gasteiger partial charge in [-0.1, -0.05) is 0 Å². The van der Waals surface area contributed by atoms with Gasteiger partial charge in [-0.25, -0.2) is 0 Å². The fourth-order valence-electron chi connectivity index (χ4n) is 4.94. The lowest BCUT2D eigenvalue weighted by atomic mass is 9.83. The Labute approximate surface area is 206 Å². The van der Waals surface area contributed by atoms with E-state index in [1.165, 1.54) is 20.8 Å². The zero-order chi connectivity index (χ0) is 26.3. The predicted molar refractivity (Wildman–Crippen MR) is 121 cm³/mol. The highest BCUT2D eigenvalue weighted by Gasteiger charge is 2.65. The number of rotatable bonds is 6. The monoisotopic (exact) mass is 501 g/mol. The van der Waals surface area contributed by atoms with E-state index in [-0.39, 0.29) is 12.7 Å². The van der Waals surface area contributed by atoms with E-state index in [9.17, 15) is 14.4 Å². The smallest absolute Gasteiger partial charge is 0.303 e. The van der Waals surface area contributed by atoms with E-state index in [2.05, 4.69) is 0 Å². The van der Waals surface area contributed by atoms with Crippen LogP contribution in [0.3, 0.4) is 0 Å². The Hall–Kier alpha value is -1.79. The van der Waals surface area contributed by atoms with E-state index in [4.69, 9.17) is 33.3 Å². The highest BCUT2D eigenvalue weighted by atomic mass is 16.8. The molecule has 0 aromatic carbocycles. The molecule has 3 fully saturated rings. The first kappa shape index (κ1) is 27.8. The number of ether oxygens (including phenoxy) is 6. The number of hydrogen-bond acceptors (Lipinski definition) is 11. The number of carbonyl (C=O) groups excluding carboxylic acids is 3. The largest absolute Gasteiger partial charge is 0.463 e. The van der Waals surface area contributed by atoms with Crippen LogP contribution in [0.15, 0.2) is 0 Å². The van der Waals surface area contributed by atoms with Crippen molar-refractivity contribution in [3.05, 3.63) is 0 Å². The molecule has 8 atom stereocenters. The molecule has 3 aliphatic rings. The molecule has 0 aromatic heterocycles. The van der Waals surface area contributed by atoms with E-state index < -0.39 is 71.8 Å². The number of carbonyl (C=O) groups is 3. The Bertz CT molecular complexity index is 803. The molecule has 200 valence electrons. The highest BCUT2D eigenvalue weighted by molar-refractivity contribution is 5.68. The van der Waals surface area contributed by atoms with Gasteiger partial charge in [-0.3, -0.25) is 19.2 Å². The van der Waals surface area contributed by atoms with Crippen LogP contribution in [-0.4, -0.2) is 90.2 Å². The van der Waals surface area contributed by atoms with Gasteiger partial charge in [-0.05, 0) is 41.5 Å². The first-order valence-corrected chi connectivity index (χ1v) is 12.0. The fourth-order valence-corrected chi connectivity index (χ4v) is 4.94. The standard InChI is InChI=1S/C24H39NO10/c1-12(26)29-11-16-20(30-13(2)27)21(31-14(3)28)17-18-19(34-24(7,8)9)15(33-23(4,5)6)10-25(18)35-22(17)32-16/h15-22H,10-11H2,1-9H3/t15-,16-,17-,18+,19+,20-,21-,22-/m1/s1. The second kappa shape index (κ2) is 10.3. The van der Waals surface area contributed by atoms with Crippen molar-refractivity contribution < 1.29 is 47.6 Å². The van der Waals surface area contributed by atoms with Crippen molar-refractivity contribution in [2.75, 3.05) is 13.2 Å². The predicted octanol–water partition coefficient (Wildman–Crippen LogP) is 1.75. The maximum Gasteiger partial charge on any atom is 0.303 e. The Morgan fingerprint density at radius 2 is 1.40 bits per heavy atom. The van der Waals surface area contributed by atoms with Crippen LogP contribution in [0.2, 0.25) is 0 Å². The average Bonchev–Trinajstić information content (AvgIpc) is 3.15. The van der Waals surface area contributed by atoms with Crippen molar-refractivity contribution in [1.29, 1.82) is 0 Å². The normalized spacial score (nSPS) is 35.2. The second-order valence-electron chi connectivity index (χ2n) is 11.2. The van der Waals surface area contributed by atoms with Gasteiger partial charge in [0.2, 0.25) is 0 Å². The number of fused-ring (bicyclic) bond motifs is 3. The SMILES string of the molecule is CC(=O)OC[C@H]1O[C@@H]2ON3C[C@@H](OC(C)(C)C)[C@H](OC(C)(C)C)[C@@H]3[C@@H]2[C@@H](OC(C)=O)[C@@H]1OC(C)=O. The van der Waals surface area contributed by atoms with E-state index in [0.717, 1.165) is 0 Å². The van der Waals surface area contributed by atoms with Crippen LogP contribution in [0.25, 0.3) is 0 Å². The zero-order valence-corrected chi connectivity index (χ0v) is 22.1. The van der Waals surface area contributed by atoms with Gasteiger partial charge in [0.25, 0.3) is 0 Å². The summed E-state index contributed by atoms with van der Waals surface area (Å²) in [5, 5.41) is 1.75. The van der Waals surface area contributed by atoms with Crippen LogP contribution >= 0.6 is 0 Å². The van der Waals surface area contributed by atoms with E-state index in [0.29, 0.717) is 6.54 Å². The Balaban J connectivity index is 1.99. The van der Waals surface area contributed by atoms with Crippen molar-refractivity contribution in [2.45, 2.75) is 116 Å². The van der Waals surface area contributed by atoms with Crippen LogP contribution in [0, 0.1) is 5.92 Å². The molecule has 3 heterocycles. The molecule has 11 heteroatoms. The highest BCUT2D eigenvalue weighted by Crippen LogP contribution is 2.47. The van der Waals surface area contributed by atoms with Gasteiger partial charge in [0.15, 0.2) is 18.5 Å². The molecule has 3 rings (SSSR count). The summed E-state index contributed by atoms with van der Waals surface area (Å²) in [6.07, 6.45) is -4.45. The third kappa shape index (κ3) is 6.91. The average molecular weight is 502 g/mol. The van der Waals surface area contributed by atoms with Crippen LogP contribution < -0.4 is 0 Å². The van der Waals surface area contributed by atoms with Crippen molar-refractivity contribution in [2.24, 2.45) is 5.92 Å². The van der Waals surface area contributed by atoms with Crippen LogP contribution in [0.4, 0.5) is 0 Å². The summed E-state index contributed by atoms with van der Waals surface area (Å²) < 4.78 is 35.4. The summed E-state index contributed by atoms with van der Waals surface area (Å²) >= 11 is 0. The van der Waals surface area contributed by atoms with Gasteiger partial charge in [0.05, 0.1) is 29.7 Å². The first-order chi connectivity index (χ1) is 16.1. The van der Waals surface area contributed by atoms with Crippen molar-refractivity contribution in [3.8, 4) is 0 Å². The fraction of sp³-hybridized carbons (Fsp3) is 0.875. The summed E-state index contributed by atoms with van der Waals surface area (Å²) in [6.45, 7) is 15.8. The molecule has 3 aliphatic heterocycles. The van der Waals surface area contributed by atoms with Crippen molar-refractivity contribution in [3.63, 3.8) is 0 Å². The number of hydroxylamine groups is 2. The van der Waals surface area contributed by atoms with Crippen molar-refractivity contribution in [1.82, 2.24) is 5.06 Å². The third-order valence-corrected chi connectivity index (χ3v) is 5.77. The van der Waals surface area contributed by atoms with Gasteiger partial charge in [0.1, 0.15) is 24.9 Å². The minimum atomic E-state index is -1.02. The molecule has 3 saturated heterocycles. The van der Waals surface area contributed by atoms with Gasteiger partial charge in [0, 0.05) is 20.8 Å². The third-order valence-electron chi connectivity index (χ3n) is 5.77. The zero-order valence-electron chi connectivity index (χ0n) is 22.1. The van der Waals surface area contributed by atoms with Crippen LogP contribution in [-0.2, 0) is 47.6 Å². The minimum Gasteiger partial charge on any atom is -0.463 e. The molecule has 35 heavy (non-hydrogen) atoms.